The van der Waals surface area contributed by atoms with Crippen LogP contribution in [0.25, 0.3) is 0 Å². The van der Waals surface area contributed by atoms with Gasteiger partial charge in [0.15, 0.2) is 0 Å². The van der Waals surface area contributed by atoms with Crippen LogP contribution in [0.3, 0.4) is 0 Å². The number of hydrogen-bond acceptors (Lipinski definition) is 4. The van der Waals surface area contributed by atoms with Crippen molar-refractivity contribution in [3.05, 3.63) is 24.3 Å². The molecule has 1 aromatic rings. The molecule has 1 aromatic carbocycles. The second kappa shape index (κ2) is 8.03. The van der Waals surface area contributed by atoms with Gasteiger partial charge in [-0.25, -0.2) is 0 Å². The summed E-state index contributed by atoms with van der Waals surface area (Å²) in [6, 6.07) is 7.82. The van der Waals surface area contributed by atoms with Gasteiger partial charge in [-0.2, -0.15) is 0 Å². The normalized spacial score (nSPS) is 18.6. The summed E-state index contributed by atoms with van der Waals surface area (Å²) in [5, 5.41) is 3.39. The molecule has 3 rings (SSSR count). The summed E-state index contributed by atoms with van der Waals surface area (Å²) in [6.45, 7) is 5.90. The fourth-order valence-corrected chi connectivity index (χ4v) is 4.23. The zero-order chi connectivity index (χ0) is 16.9. The molecule has 2 aliphatic heterocycles. The summed E-state index contributed by atoms with van der Waals surface area (Å²) in [6.07, 6.45) is 2.08. The van der Waals surface area contributed by atoms with Crippen LogP contribution < -0.4 is 10.2 Å². The van der Waals surface area contributed by atoms with Crippen molar-refractivity contribution in [2.45, 2.75) is 24.7 Å². The lowest BCUT2D eigenvalue weighted by Gasteiger charge is -2.35. The van der Waals surface area contributed by atoms with E-state index in [1.54, 1.807) is 16.7 Å². The van der Waals surface area contributed by atoms with Gasteiger partial charge >= 0.3 is 0 Å². The number of carbonyl (C=O) groups excluding carboxylic acids is 2. The van der Waals surface area contributed by atoms with Gasteiger partial charge in [0.25, 0.3) is 0 Å². The Morgan fingerprint density at radius 1 is 1.29 bits per heavy atom. The maximum atomic E-state index is 12.7. The molecule has 2 heterocycles. The molecular weight excluding hydrogens is 322 g/mol. The molecule has 24 heavy (non-hydrogen) atoms. The number of anilines is 1. The first kappa shape index (κ1) is 17.3. The molecule has 1 fully saturated rings. The molecule has 0 aromatic heterocycles. The Kier molecular flexibility index (Phi) is 5.79. The second-order valence-corrected chi connectivity index (χ2v) is 7.39. The highest BCUT2D eigenvalue weighted by Gasteiger charge is 2.29. The van der Waals surface area contributed by atoms with E-state index in [1.807, 2.05) is 29.2 Å². The number of likely N-dealkylation sites (tertiary alicyclic amines) is 1. The van der Waals surface area contributed by atoms with Crippen molar-refractivity contribution in [3.63, 3.8) is 0 Å². The Bertz CT molecular complexity index is 600. The number of nitrogens with one attached hydrogen (secondary N) is 1. The third-order valence-electron chi connectivity index (χ3n) is 4.75. The quantitative estimate of drug-likeness (QED) is 0.885. The minimum Gasteiger partial charge on any atom is -0.341 e. The smallest absolute Gasteiger partial charge is 0.242 e. The average Bonchev–Trinajstić information content (AvgIpc) is 2.62. The number of amides is 2. The molecule has 130 valence electrons. The topological polar surface area (TPSA) is 52.7 Å². The van der Waals surface area contributed by atoms with Crippen LogP contribution in [0.4, 0.5) is 5.69 Å². The van der Waals surface area contributed by atoms with Gasteiger partial charge in [0.05, 0.1) is 11.4 Å². The molecule has 2 aliphatic rings. The highest BCUT2D eigenvalue weighted by atomic mass is 32.2. The molecule has 5 nitrogen and oxygen atoms in total. The van der Waals surface area contributed by atoms with Crippen molar-refractivity contribution in [2.75, 3.05) is 43.4 Å². The summed E-state index contributed by atoms with van der Waals surface area (Å²) >= 11 is 1.55. The Morgan fingerprint density at radius 2 is 2.04 bits per heavy atom. The fraction of sp³-hybridized carbons (Fsp3) is 0.556. The van der Waals surface area contributed by atoms with Gasteiger partial charge in [0.2, 0.25) is 11.8 Å². The maximum absolute atomic E-state index is 12.7. The van der Waals surface area contributed by atoms with Crippen LogP contribution in [0.5, 0.6) is 0 Å². The highest BCUT2D eigenvalue weighted by Crippen LogP contribution is 2.34. The predicted octanol–water partition coefficient (Wildman–Crippen LogP) is 1.97. The van der Waals surface area contributed by atoms with E-state index in [4.69, 9.17) is 0 Å². The van der Waals surface area contributed by atoms with Crippen molar-refractivity contribution in [2.24, 2.45) is 5.92 Å². The van der Waals surface area contributed by atoms with E-state index in [9.17, 15) is 9.59 Å². The maximum Gasteiger partial charge on any atom is 0.242 e. The van der Waals surface area contributed by atoms with Gasteiger partial charge in [0, 0.05) is 18.0 Å². The van der Waals surface area contributed by atoms with E-state index < -0.39 is 0 Å². The predicted molar refractivity (Wildman–Crippen MR) is 97.4 cm³/mol. The summed E-state index contributed by atoms with van der Waals surface area (Å²) in [7, 11) is 0. The molecule has 0 atom stereocenters. The fourth-order valence-electron chi connectivity index (χ4n) is 3.30. The van der Waals surface area contributed by atoms with Crippen molar-refractivity contribution in [3.8, 4) is 0 Å². The van der Waals surface area contributed by atoms with Crippen molar-refractivity contribution in [1.29, 1.82) is 0 Å². The van der Waals surface area contributed by atoms with E-state index in [0.29, 0.717) is 11.7 Å². The molecule has 2 amide bonds. The van der Waals surface area contributed by atoms with E-state index >= 15 is 0 Å². The minimum absolute atomic E-state index is 0.0223. The number of fused-ring (bicyclic) bond motifs is 1. The van der Waals surface area contributed by atoms with Crippen LogP contribution in [-0.2, 0) is 9.59 Å². The third-order valence-corrected chi connectivity index (χ3v) is 5.80. The van der Waals surface area contributed by atoms with Crippen LogP contribution in [0.15, 0.2) is 29.2 Å². The number of hydrogen-bond donors (Lipinski definition) is 1. The van der Waals surface area contributed by atoms with Crippen molar-refractivity contribution >= 4 is 29.3 Å². The Morgan fingerprint density at radius 3 is 2.79 bits per heavy atom. The molecule has 0 bridgehead atoms. The zero-order valence-corrected chi connectivity index (χ0v) is 15.0. The first-order valence-corrected chi connectivity index (χ1v) is 9.68. The van der Waals surface area contributed by atoms with E-state index in [-0.39, 0.29) is 18.4 Å². The van der Waals surface area contributed by atoms with Crippen LogP contribution in [-0.4, -0.2) is 55.2 Å². The SMILES string of the molecule is CCNCC1CCN(C(=O)CN2C(=O)CSc3ccccc32)CC1. The number of benzene rings is 1. The van der Waals surface area contributed by atoms with Crippen molar-refractivity contribution < 1.29 is 9.59 Å². The summed E-state index contributed by atoms with van der Waals surface area (Å²) in [5.74, 6) is 1.15. The van der Waals surface area contributed by atoms with Crippen LogP contribution in [0.2, 0.25) is 0 Å². The molecule has 6 heteroatoms. The van der Waals surface area contributed by atoms with Gasteiger partial charge in [-0.3, -0.25) is 9.59 Å². The molecule has 0 spiro atoms. The van der Waals surface area contributed by atoms with Gasteiger partial charge in [-0.1, -0.05) is 19.1 Å². The Hall–Kier alpha value is -1.53. The van der Waals surface area contributed by atoms with Gasteiger partial charge in [0.1, 0.15) is 6.54 Å². The Balaban J connectivity index is 1.58. The van der Waals surface area contributed by atoms with Crippen LogP contribution >= 0.6 is 11.8 Å². The van der Waals surface area contributed by atoms with E-state index in [0.717, 1.165) is 49.6 Å². The first-order valence-electron chi connectivity index (χ1n) is 8.69. The number of carbonyl (C=O) groups is 2. The van der Waals surface area contributed by atoms with Crippen LogP contribution in [0, 0.1) is 5.92 Å². The number of thioether (sulfide) groups is 1. The number of rotatable bonds is 5. The molecule has 0 saturated carbocycles. The first-order chi connectivity index (χ1) is 11.7. The molecule has 1 saturated heterocycles. The number of nitrogens with zero attached hydrogens (tertiary/aromatic N) is 2. The summed E-state index contributed by atoms with van der Waals surface area (Å²) in [5.41, 5.74) is 0.870. The lowest BCUT2D eigenvalue weighted by Crippen LogP contribution is -2.48. The van der Waals surface area contributed by atoms with Gasteiger partial charge < -0.3 is 15.1 Å². The minimum atomic E-state index is 0.0223. The molecule has 1 N–H and O–H groups in total. The average molecular weight is 347 g/mol. The van der Waals surface area contributed by atoms with E-state index in [1.165, 1.54) is 0 Å². The zero-order valence-electron chi connectivity index (χ0n) is 14.2. The second-order valence-electron chi connectivity index (χ2n) is 6.37. The summed E-state index contributed by atoms with van der Waals surface area (Å²) < 4.78 is 0. The van der Waals surface area contributed by atoms with Crippen molar-refractivity contribution in [1.82, 2.24) is 10.2 Å². The molecule has 0 unspecified atom stereocenters. The summed E-state index contributed by atoms with van der Waals surface area (Å²) in [4.78, 5) is 29.6. The molecule has 0 aliphatic carbocycles. The molecule has 0 radical (unpaired) electrons. The van der Waals surface area contributed by atoms with Gasteiger partial charge in [-0.15, -0.1) is 11.8 Å². The molecular formula is C18H25N3O2S. The highest BCUT2D eigenvalue weighted by molar-refractivity contribution is 8.00. The lowest BCUT2D eigenvalue weighted by molar-refractivity contribution is -0.132. The lowest BCUT2D eigenvalue weighted by atomic mass is 9.96. The third kappa shape index (κ3) is 3.92. The standard InChI is InChI=1S/C18H25N3O2S/c1-2-19-11-14-7-9-20(10-8-14)17(22)12-21-15-5-3-4-6-16(15)24-13-18(21)23/h3-6,14,19H,2,7-13H2,1H3. The monoisotopic (exact) mass is 347 g/mol. The van der Waals surface area contributed by atoms with Gasteiger partial charge in [-0.05, 0) is 44.0 Å². The number of piperidine rings is 1. The number of para-hydroxylation sites is 1. The Labute approximate surface area is 147 Å². The van der Waals surface area contributed by atoms with Crippen LogP contribution in [0.1, 0.15) is 19.8 Å². The van der Waals surface area contributed by atoms with E-state index in [2.05, 4.69) is 12.2 Å². The largest absolute Gasteiger partial charge is 0.341 e.